The lowest BCUT2D eigenvalue weighted by molar-refractivity contribution is -0.137. The standard InChI is InChI=1S/C18H24F3N/c1-5-7-10-13(3)14(4)22-17(6-2)15-11-8-9-12-16(15)18(19,20)21/h6,8-9,11-13,22H,4-5,7,10H2,1-3H3/b17-6-. The first kappa shape index (κ1) is 18.3. The minimum Gasteiger partial charge on any atom is -0.359 e. The zero-order valence-electron chi connectivity index (χ0n) is 13.4. The van der Waals surface area contributed by atoms with Crippen LogP contribution in [0.25, 0.3) is 5.70 Å². The van der Waals surface area contributed by atoms with E-state index in [-0.39, 0.29) is 11.5 Å². The molecule has 0 aliphatic rings. The second-order valence-electron chi connectivity index (χ2n) is 5.44. The first-order valence-electron chi connectivity index (χ1n) is 7.60. The van der Waals surface area contributed by atoms with Crippen molar-refractivity contribution in [3.8, 4) is 0 Å². The Morgan fingerprint density at radius 3 is 2.50 bits per heavy atom. The highest BCUT2D eigenvalue weighted by molar-refractivity contribution is 5.68. The van der Waals surface area contributed by atoms with Crippen LogP contribution in [0.3, 0.4) is 0 Å². The second kappa shape index (κ2) is 8.06. The fourth-order valence-electron chi connectivity index (χ4n) is 2.24. The summed E-state index contributed by atoms with van der Waals surface area (Å²) in [5.41, 5.74) is 0.714. The molecule has 0 heterocycles. The molecule has 0 saturated carbocycles. The number of alkyl halides is 3. The van der Waals surface area contributed by atoms with E-state index in [0.29, 0.717) is 5.70 Å². The van der Waals surface area contributed by atoms with Crippen molar-refractivity contribution in [1.29, 1.82) is 0 Å². The van der Waals surface area contributed by atoms with Crippen LogP contribution in [0.15, 0.2) is 42.6 Å². The van der Waals surface area contributed by atoms with E-state index in [4.69, 9.17) is 0 Å². The van der Waals surface area contributed by atoms with Crippen LogP contribution in [0.1, 0.15) is 51.2 Å². The lowest BCUT2D eigenvalue weighted by atomic mass is 9.99. The smallest absolute Gasteiger partial charge is 0.359 e. The number of benzene rings is 1. The summed E-state index contributed by atoms with van der Waals surface area (Å²) in [6.45, 7) is 9.85. The number of rotatable bonds is 7. The van der Waals surface area contributed by atoms with Gasteiger partial charge < -0.3 is 5.32 Å². The average Bonchev–Trinajstić information content (AvgIpc) is 2.49. The molecule has 1 atom stereocenters. The van der Waals surface area contributed by atoms with Crippen LogP contribution in [0, 0.1) is 5.92 Å². The molecule has 0 spiro atoms. The highest BCUT2D eigenvalue weighted by Crippen LogP contribution is 2.34. The summed E-state index contributed by atoms with van der Waals surface area (Å²) in [6.07, 6.45) is 0.418. The molecule has 1 nitrogen and oxygen atoms in total. The Hall–Kier alpha value is -1.71. The molecule has 1 aromatic rings. The van der Waals surface area contributed by atoms with Crippen LogP contribution >= 0.6 is 0 Å². The van der Waals surface area contributed by atoms with Crippen molar-refractivity contribution in [3.63, 3.8) is 0 Å². The van der Waals surface area contributed by atoms with Crippen molar-refractivity contribution >= 4 is 5.70 Å². The lowest BCUT2D eigenvalue weighted by Gasteiger charge is -2.21. The molecular weight excluding hydrogens is 287 g/mol. The predicted molar refractivity (Wildman–Crippen MR) is 86.1 cm³/mol. The number of unbranched alkanes of at least 4 members (excludes halogenated alkanes) is 1. The molecule has 22 heavy (non-hydrogen) atoms. The molecular formula is C18H24F3N. The lowest BCUT2D eigenvalue weighted by Crippen LogP contribution is -2.19. The summed E-state index contributed by atoms with van der Waals surface area (Å²) >= 11 is 0. The van der Waals surface area contributed by atoms with Crippen molar-refractivity contribution in [1.82, 2.24) is 5.32 Å². The minimum atomic E-state index is -4.37. The molecule has 0 aromatic heterocycles. The first-order valence-corrected chi connectivity index (χ1v) is 7.60. The van der Waals surface area contributed by atoms with Gasteiger partial charge in [-0.2, -0.15) is 13.2 Å². The summed E-state index contributed by atoms with van der Waals surface area (Å²) in [5.74, 6) is 0.216. The molecule has 0 amide bonds. The van der Waals surface area contributed by atoms with Crippen LogP contribution < -0.4 is 5.32 Å². The molecule has 1 rings (SSSR count). The van der Waals surface area contributed by atoms with E-state index in [2.05, 4.69) is 18.8 Å². The zero-order chi connectivity index (χ0) is 16.8. The van der Waals surface area contributed by atoms with E-state index in [1.165, 1.54) is 12.1 Å². The predicted octanol–water partition coefficient (Wildman–Crippen LogP) is 6.00. The largest absolute Gasteiger partial charge is 0.417 e. The highest BCUT2D eigenvalue weighted by atomic mass is 19.4. The Bertz CT molecular complexity index is 529. The van der Waals surface area contributed by atoms with Crippen LogP contribution in [-0.2, 0) is 6.18 Å². The third kappa shape index (κ3) is 4.93. The summed E-state index contributed by atoms with van der Waals surface area (Å²) in [4.78, 5) is 0. The first-order chi connectivity index (χ1) is 10.3. The van der Waals surface area contributed by atoms with E-state index in [1.807, 2.05) is 6.92 Å². The molecule has 1 N–H and O–H groups in total. The van der Waals surface area contributed by atoms with E-state index in [0.717, 1.165) is 31.0 Å². The van der Waals surface area contributed by atoms with E-state index < -0.39 is 11.7 Å². The van der Waals surface area contributed by atoms with Crippen molar-refractivity contribution in [2.45, 2.75) is 46.2 Å². The fourth-order valence-corrected chi connectivity index (χ4v) is 2.24. The normalized spacial score (nSPS) is 13.8. The van der Waals surface area contributed by atoms with Crippen molar-refractivity contribution < 1.29 is 13.2 Å². The van der Waals surface area contributed by atoms with E-state index >= 15 is 0 Å². The van der Waals surface area contributed by atoms with Crippen molar-refractivity contribution in [2.75, 3.05) is 0 Å². The zero-order valence-corrected chi connectivity index (χ0v) is 13.4. The van der Waals surface area contributed by atoms with Gasteiger partial charge in [-0.25, -0.2) is 0 Å². The Morgan fingerprint density at radius 1 is 1.32 bits per heavy atom. The number of hydrogen-bond donors (Lipinski definition) is 1. The number of hydrogen-bond acceptors (Lipinski definition) is 1. The summed E-state index contributed by atoms with van der Waals surface area (Å²) in [5, 5.41) is 3.07. The molecule has 0 aliphatic heterocycles. The van der Waals surface area contributed by atoms with Crippen LogP contribution in [0.5, 0.6) is 0 Å². The Kier molecular flexibility index (Phi) is 6.72. The number of nitrogens with one attached hydrogen (secondary N) is 1. The average molecular weight is 311 g/mol. The van der Waals surface area contributed by atoms with Gasteiger partial charge >= 0.3 is 6.18 Å². The Morgan fingerprint density at radius 2 is 1.95 bits per heavy atom. The van der Waals surface area contributed by atoms with Gasteiger partial charge in [0, 0.05) is 17.0 Å². The molecule has 0 aliphatic carbocycles. The molecule has 1 unspecified atom stereocenters. The van der Waals surface area contributed by atoms with Crippen LogP contribution in [0.4, 0.5) is 13.2 Å². The summed E-state index contributed by atoms with van der Waals surface area (Å²) in [6, 6.07) is 5.59. The topological polar surface area (TPSA) is 12.0 Å². The van der Waals surface area contributed by atoms with Crippen LogP contribution in [0.2, 0.25) is 0 Å². The molecule has 1 aromatic carbocycles. The highest BCUT2D eigenvalue weighted by Gasteiger charge is 2.33. The maximum Gasteiger partial charge on any atom is 0.417 e. The molecule has 122 valence electrons. The third-order valence-corrected chi connectivity index (χ3v) is 3.69. The van der Waals surface area contributed by atoms with Crippen molar-refractivity contribution in [2.24, 2.45) is 5.92 Å². The third-order valence-electron chi connectivity index (χ3n) is 3.69. The fraction of sp³-hybridized carbons (Fsp3) is 0.444. The molecule has 0 bridgehead atoms. The summed E-state index contributed by atoms with van der Waals surface area (Å²) in [7, 11) is 0. The Labute approximate surface area is 130 Å². The van der Waals surface area contributed by atoms with Gasteiger partial charge in [0.05, 0.1) is 5.56 Å². The van der Waals surface area contributed by atoms with Gasteiger partial charge in [0.1, 0.15) is 0 Å². The SMILES string of the molecule is C=C(N/C(=C\C)c1ccccc1C(F)(F)F)C(C)CCCC. The Balaban J connectivity index is 2.97. The molecule has 0 saturated heterocycles. The molecule has 0 fully saturated rings. The maximum absolute atomic E-state index is 13.1. The van der Waals surface area contributed by atoms with E-state index in [1.54, 1.807) is 19.1 Å². The van der Waals surface area contributed by atoms with Gasteiger partial charge in [0.2, 0.25) is 0 Å². The maximum atomic E-state index is 13.1. The monoisotopic (exact) mass is 311 g/mol. The van der Waals surface area contributed by atoms with Gasteiger partial charge in [-0.1, -0.05) is 57.5 Å². The quantitative estimate of drug-likeness (QED) is 0.651. The number of allylic oxidation sites excluding steroid dienone is 2. The van der Waals surface area contributed by atoms with Gasteiger partial charge in [-0.05, 0) is 25.3 Å². The van der Waals surface area contributed by atoms with E-state index in [9.17, 15) is 13.2 Å². The van der Waals surface area contributed by atoms with Gasteiger partial charge in [-0.3, -0.25) is 0 Å². The minimum absolute atomic E-state index is 0.154. The molecule has 4 heteroatoms. The second-order valence-corrected chi connectivity index (χ2v) is 5.44. The number of halogens is 3. The van der Waals surface area contributed by atoms with Crippen LogP contribution in [-0.4, -0.2) is 0 Å². The van der Waals surface area contributed by atoms with Crippen molar-refractivity contribution in [3.05, 3.63) is 53.7 Å². The molecule has 0 radical (unpaired) electrons. The van der Waals surface area contributed by atoms with Gasteiger partial charge in [-0.15, -0.1) is 0 Å². The summed E-state index contributed by atoms with van der Waals surface area (Å²) < 4.78 is 39.4. The van der Waals surface area contributed by atoms with Gasteiger partial charge in [0.25, 0.3) is 0 Å². The van der Waals surface area contributed by atoms with Gasteiger partial charge in [0.15, 0.2) is 0 Å².